The van der Waals surface area contributed by atoms with Crippen LogP contribution in [0.1, 0.15) is 50.7 Å². The summed E-state index contributed by atoms with van der Waals surface area (Å²) in [6.45, 7) is 0.678. The van der Waals surface area contributed by atoms with Gasteiger partial charge in [-0.15, -0.1) is 0 Å². The summed E-state index contributed by atoms with van der Waals surface area (Å²) in [6.07, 6.45) is 7.18. The maximum atomic E-state index is 12.1. The number of aryl methyl sites for hydroxylation is 1. The maximum absolute atomic E-state index is 12.1. The molecule has 2 aromatic rings. The number of nitrogens with one attached hydrogen (secondary N) is 1. The third kappa shape index (κ3) is 5.86. The fourth-order valence-corrected chi connectivity index (χ4v) is 3.86. The van der Waals surface area contributed by atoms with Crippen molar-refractivity contribution in [1.82, 2.24) is 5.32 Å². The number of benzene rings is 1. The normalized spacial score (nSPS) is 19.4. The molecule has 0 radical (unpaired) electrons. The van der Waals surface area contributed by atoms with E-state index < -0.39 is 0 Å². The van der Waals surface area contributed by atoms with Gasteiger partial charge in [0.1, 0.15) is 17.3 Å². The number of rotatable bonds is 9. The summed E-state index contributed by atoms with van der Waals surface area (Å²) in [5.74, 6) is 2.87. The summed E-state index contributed by atoms with van der Waals surface area (Å²) in [5.41, 5.74) is 0.987. The Morgan fingerprint density at radius 1 is 1.18 bits per heavy atom. The molecule has 3 rings (SSSR count). The molecule has 0 bridgehead atoms. The Morgan fingerprint density at radius 2 is 1.96 bits per heavy atom. The predicted molar refractivity (Wildman–Crippen MR) is 109 cm³/mol. The molecule has 1 saturated carbocycles. The van der Waals surface area contributed by atoms with Gasteiger partial charge >= 0.3 is 0 Å². The minimum absolute atomic E-state index is 0.0478. The number of methoxy groups -OCH3 is 1. The first kappa shape index (κ1) is 20.5. The average molecular weight is 386 g/mol. The van der Waals surface area contributed by atoms with Crippen LogP contribution in [-0.2, 0) is 11.2 Å². The van der Waals surface area contributed by atoms with Gasteiger partial charge in [-0.3, -0.25) is 4.79 Å². The van der Waals surface area contributed by atoms with Crippen LogP contribution in [0.15, 0.2) is 40.8 Å². The lowest BCUT2D eigenvalue weighted by atomic mass is 9.83. The van der Waals surface area contributed by atoms with Crippen molar-refractivity contribution in [3.63, 3.8) is 0 Å². The highest BCUT2D eigenvalue weighted by atomic mass is 16.5. The molecule has 0 spiro atoms. The van der Waals surface area contributed by atoms with Gasteiger partial charge in [-0.25, -0.2) is 0 Å². The van der Waals surface area contributed by atoms with Gasteiger partial charge in [-0.1, -0.05) is 12.8 Å². The van der Waals surface area contributed by atoms with Crippen LogP contribution in [0, 0.1) is 5.92 Å². The largest absolute Gasteiger partial charge is 0.497 e. The van der Waals surface area contributed by atoms with E-state index in [9.17, 15) is 9.90 Å². The molecule has 0 unspecified atom stereocenters. The summed E-state index contributed by atoms with van der Waals surface area (Å²) < 4.78 is 11.0. The van der Waals surface area contributed by atoms with Gasteiger partial charge in [0.25, 0.3) is 0 Å². The highest BCUT2D eigenvalue weighted by Crippen LogP contribution is 2.28. The van der Waals surface area contributed by atoms with Crippen LogP contribution in [0.3, 0.4) is 0 Å². The van der Waals surface area contributed by atoms with Crippen LogP contribution in [-0.4, -0.2) is 30.8 Å². The number of hydrogen-bond acceptors (Lipinski definition) is 4. The summed E-state index contributed by atoms with van der Waals surface area (Å²) in [6, 6.07) is 11.6. The quantitative estimate of drug-likeness (QED) is 0.630. The molecule has 1 aromatic carbocycles. The predicted octanol–water partition coefficient (Wildman–Crippen LogP) is 4.34. The minimum Gasteiger partial charge on any atom is -0.497 e. The van der Waals surface area contributed by atoms with Crippen molar-refractivity contribution in [2.24, 2.45) is 5.92 Å². The Labute approximate surface area is 167 Å². The highest BCUT2D eigenvalue weighted by molar-refractivity contribution is 5.76. The van der Waals surface area contributed by atoms with Gasteiger partial charge in [-0.05, 0) is 68.0 Å². The van der Waals surface area contributed by atoms with Gasteiger partial charge < -0.3 is 19.6 Å². The van der Waals surface area contributed by atoms with Crippen LogP contribution in [0.2, 0.25) is 0 Å². The van der Waals surface area contributed by atoms with Gasteiger partial charge in [0.15, 0.2) is 0 Å². The summed E-state index contributed by atoms with van der Waals surface area (Å²) in [7, 11) is 1.64. The highest BCUT2D eigenvalue weighted by Gasteiger charge is 2.22. The van der Waals surface area contributed by atoms with Crippen LogP contribution >= 0.6 is 0 Å². The molecule has 1 aliphatic rings. The zero-order chi connectivity index (χ0) is 19.8. The van der Waals surface area contributed by atoms with Crippen molar-refractivity contribution in [3.8, 4) is 17.1 Å². The lowest BCUT2D eigenvalue weighted by Crippen LogP contribution is -2.28. The smallest absolute Gasteiger partial charge is 0.220 e. The summed E-state index contributed by atoms with van der Waals surface area (Å²) in [4.78, 5) is 12.1. The molecule has 2 atom stereocenters. The zero-order valence-corrected chi connectivity index (χ0v) is 16.7. The number of hydrogen-bond donors (Lipinski definition) is 2. The molecule has 28 heavy (non-hydrogen) atoms. The van der Waals surface area contributed by atoms with E-state index in [0.717, 1.165) is 54.9 Å². The fourth-order valence-electron chi connectivity index (χ4n) is 3.86. The molecule has 0 aliphatic heterocycles. The van der Waals surface area contributed by atoms with E-state index in [1.807, 2.05) is 36.4 Å². The number of carbonyl (C=O) groups is 1. The average Bonchev–Trinajstić information content (AvgIpc) is 3.20. The monoisotopic (exact) mass is 385 g/mol. The van der Waals surface area contributed by atoms with E-state index in [2.05, 4.69) is 5.32 Å². The Balaban J connectivity index is 1.36. The number of aliphatic hydroxyl groups excluding tert-OH is 1. The molecule has 1 amide bonds. The molecule has 0 saturated heterocycles. The van der Waals surface area contributed by atoms with E-state index in [1.54, 1.807) is 7.11 Å². The third-order valence-corrected chi connectivity index (χ3v) is 5.58. The zero-order valence-electron chi connectivity index (χ0n) is 16.7. The molecular weight excluding hydrogens is 354 g/mol. The van der Waals surface area contributed by atoms with Crippen molar-refractivity contribution in [2.75, 3.05) is 13.7 Å². The summed E-state index contributed by atoms with van der Waals surface area (Å²) in [5, 5.41) is 13.0. The number of ether oxygens (including phenoxy) is 1. The Kier molecular flexibility index (Phi) is 7.54. The van der Waals surface area contributed by atoms with Gasteiger partial charge in [0, 0.05) is 24.9 Å². The lowest BCUT2D eigenvalue weighted by molar-refractivity contribution is -0.121. The maximum Gasteiger partial charge on any atom is 0.220 e. The van der Waals surface area contributed by atoms with Crippen LogP contribution < -0.4 is 10.1 Å². The molecule has 5 heteroatoms. The van der Waals surface area contributed by atoms with Crippen molar-refractivity contribution in [1.29, 1.82) is 0 Å². The van der Waals surface area contributed by atoms with Crippen molar-refractivity contribution in [3.05, 3.63) is 42.2 Å². The molecule has 1 heterocycles. The SMILES string of the molecule is COc1ccc(-c2ccc(CCC(=O)NCCC[C@H]3CCCC[C@H]3O)o2)cc1. The Morgan fingerprint density at radius 3 is 2.71 bits per heavy atom. The lowest BCUT2D eigenvalue weighted by Gasteiger charge is -2.27. The van der Waals surface area contributed by atoms with E-state index in [-0.39, 0.29) is 12.0 Å². The van der Waals surface area contributed by atoms with Crippen LogP contribution in [0.5, 0.6) is 5.75 Å². The van der Waals surface area contributed by atoms with E-state index in [1.165, 1.54) is 6.42 Å². The third-order valence-electron chi connectivity index (χ3n) is 5.58. The summed E-state index contributed by atoms with van der Waals surface area (Å²) >= 11 is 0. The van der Waals surface area contributed by atoms with Crippen molar-refractivity contribution >= 4 is 5.91 Å². The number of furan rings is 1. The molecule has 1 fully saturated rings. The minimum atomic E-state index is -0.150. The Bertz CT molecular complexity index is 737. The molecular formula is C23H31NO4. The van der Waals surface area contributed by atoms with Crippen LogP contribution in [0.25, 0.3) is 11.3 Å². The molecule has 2 N–H and O–H groups in total. The second kappa shape index (κ2) is 10.3. The number of aliphatic hydroxyl groups is 1. The molecule has 1 aromatic heterocycles. The fraction of sp³-hybridized carbons (Fsp3) is 0.522. The number of carbonyl (C=O) groups excluding carboxylic acids is 1. The van der Waals surface area contributed by atoms with Gasteiger partial charge in [-0.2, -0.15) is 0 Å². The first-order valence-corrected chi connectivity index (χ1v) is 10.3. The second-order valence-electron chi connectivity index (χ2n) is 7.60. The molecule has 152 valence electrons. The van der Waals surface area contributed by atoms with E-state index in [4.69, 9.17) is 9.15 Å². The van der Waals surface area contributed by atoms with E-state index in [0.29, 0.717) is 25.3 Å². The van der Waals surface area contributed by atoms with Crippen molar-refractivity contribution < 1.29 is 19.1 Å². The number of amides is 1. The van der Waals surface area contributed by atoms with Crippen molar-refractivity contribution in [2.45, 2.75) is 57.5 Å². The first-order valence-electron chi connectivity index (χ1n) is 10.3. The first-order chi connectivity index (χ1) is 13.7. The van der Waals surface area contributed by atoms with Gasteiger partial charge in [0.2, 0.25) is 5.91 Å². The second-order valence-corrected chi connectivity index (χ2v) is 7.60. The topological polar surface area (TPSA) is 71.7 Å². The standard InChI is InChI=1S/C23H31NO4/c1-27-19-10-8-18(9-11-19)22-14-12-20(28-22)13-15-23(26)24-16-4-6-17-5-2-3-7-21(17)25/h8-12,14,17,21,25H,2-7,13,15-16H2,1H3,(H,24,26)/t17-,21-/m1/s1. The Hall–Kier alpha value is -2.27. The van der Waals surface area contributed by atoms with E-state index >= 15 is 0 Å². The van der Waals surface area contributed by atoms with Gasteiger partial charge in [0.05, 0.1) is 13.2 Å². The van der Waals surface area contributed by atoms with Crippen LogP contribution in [0.4, 0.5) is 0 Å². The molecule has 5 nitrogen and oxygen atoms in total. The molecule has 1 aliphatic carbocycles.